The Morgan fingerprint density at radius 3 is 2.58 bits per heavy atom. The highest BCUT2D eigenvalue weighted by Gasteiger charge is 2.37. The molecule has 0 N–H and O–H groups in total. The van der Waals surface area contributed by atoms with E-state index < -0.39 is 36.4 Å². The largest absolute Gasteiger partial charge is 0.290 e. The number of ketones is 1. The number of nitro groups is 1. The molecule has 1 heterocycles. The van der Waals surface area contributed by atoms with Gasteiger partial charge in [0.15, 0.2) is 0 Å². The summed E-state index contributed by atoms with van der Waals surface area (Å²) >= 11 is 0. The van der Waals surface area contributed by atoms with Crippen LogP contribution in [0.25, 0.3) is 21.7 Å². The lowest BCUT2D eigenvalue weighted by molar-refractivity contribution is -0.385. The van der Waals surface area contributed by atoms with Gasteiger partial charge in [0.05, 0.1) is 21.4 Å². The fraction of sp³-hybridized carbons (Fsp3) is 0.0952. The number of rotatable bonds is 5. The molecule has 10 heteroatoms. The average Bonchev–Trinajstić information content (AvgIpc) is 3.11. The van der Waals surface area contributed by atoms with Gasteiger partial charge in [-0.3, -0.25) is 19.6 Å². The number of carbonyl (C=O) groups excluding carboxylic acids is 1. The van der Waals surface area contributed by atoms with Crippen molar-refractivity contribution in [1.29, 1.82) is 5.26 Å². The van der Waals surface area contributed by atoms with E-state index in [0.29, 0.717) is 10.9 Å². The van der Waals surface area contributed by atoms with Crippen molar-refractivity contribution in [3.05, 3.63) is 76.5 Å². The minimum atomic E-state index is -4.52. The molecule has 0 radical (unpaired) electrons. The molecule has 4 aromatic rings. The fourth-order valence-corrected chi connectivity index (χ4v) is 4.89. The minimum Gasteiger partial charge on any atom is -0.290 e. The van der Waals surface area contributed by atoms with Gasteiger partial charge < -0.3 is 0 Å². The molecular weight excluding hydrogens is 420 g/mol. The molecule has 0 spiro atoms. The fourth-order valence-electron chi connectivity index (χ4n) is 3.53. The highest BCUT2D eigenvalue weighted by Crippen LogP contribution is 2.29. The van der Waals surface area contributed by atoms with E-state index in [1.165, 1.54) is 10.7 Å². The molecule has 0 saturated carbocycles. The van der Waals surface area contributed by atoms with Gasteiger partial charge in [0.1, 0.15) is 5.69 Å². The number of carbonyl (C=O) groups is 1. The molecule has 9 nitrogen and oxygen atoms in total. The standard InChI is InChI=1S/C21H14N4O5S/c1-24-20-16-8-3-2-5-13(16)9-10-17(20)19(23-24)21(26)18(12-22)31(29,30)15-7-4-6-14(11-15)25(27)28/h2-11,18H,1H3. The molecule has 31 heavy (non-hydrogen) atoms. The second kappa shape index (κ2) is 7.30. The van der Waals surface area contributed by atoms with Crippen LogP contribution in [0.2, 0.25) is 0 Å². The maximum absolute atomic E-state index is 13.2. The zero-order valence-electron chi connectivity index (χ0n) is 16.1. The highest BCUT2D eigenvalue weighted by atomic mass is 32.2. The van der Waals surface area contributed by atoms with Gasteiger partial charge in [-0.15, -0.1) is 0 Å². The van der Waals surface area contributed by atoms with Crippen LogP contribution in [-0.4, -0.2) is 34.2 Å². The van der Waals surface area contributed by atoms with Gasteiger partial charge in [-0.05, 0) is 17.5 Å². The monoisotopic (exact) mass is 434 g/mol. The van der Waals surface area contributed by atoms with Gasteiger partial charge in [0.25, 0.3) is 5.69 Å². The van der Waals surface area contributed by atoms with E-state index in [1.807, 2.05) is 24.3 Å². The first-order valence-electron chi connectivity index (χ1n) is 9.02. The number of sulfone groups is 1. The summed E-state index contributed by atoms with van der Waals surface area (Å²) in [5, 5.41) is 24.8. The van der Waals surface area contributed by atoms with E-state index in [4.69, 9.17) is 0 Å². The predicted molar refractivity (Wildman–Crippen MR) is 112 cm³/mol. The van der Waals surface area contributed by atoms with Crippen molar-refractivity contribution in [1.82, 2.24) is 9.78 Å². The Bertz CT molecular complexity index is 1530. The number of hydrogen-bond donors (Lipinski definition) is 0. The van der Waals surface area contributed by atoms with E-state index in [-0.39, 0.29) is 5.69 Å². The van der Waals surface area contributed by atoms with E-state index >= 15 is 0 Å². The van der Waals surface area contributed by atoms with Crippen LogP contribution in [0.15, 0.2) is 65.6 Å². The number of nitriles is 1. The summed E-state index contributed by atoms with van der Waals surface area (Å²) in [6.45, 7) is 0. The van der Waals surface area contributed by atoms with Crippen molar-refractivity contribution in [2.45, 2.75) is 10.1 Å². The van der Waals surface area contributed by atoms with Crippen LogP contribution in [-0.2, 0) is 16.9 Å². The van der Waals surface area contributed by atoms with Crippen molar-refractivity contribution in [3.63, 3.8) is 0 Å². The Morgan fingerprint density at radius 2 is 1.87 bits per heavy atom. The third-order valence-electron chi connectivity index (χ3n) is 4.99. The molecule has 0 fully saturated rings. The number of aromatic nitrogens is 2. The van der Waals surface area contributed by atoms with E-state index in [9.17, 15) is 28.6 Å². The first-order chi connectivity index (χ1) is 14.8. The third-order valence-corrected chi connectivity index (χ3v) is 6.84. The molecule has 0 aliphatic heterocycles. The number of aryl methyl sites for hydroxylation is 1. The normalized spacial score (nSPS) is 12.5. The van der Waals surface area contributed by atoms with Gasteiger partial charge in [-0.25, -0.2) is 8.42 Å². The van der Waals surface area contributed by atoms with E-state index in [1.54, 1.807) is 25.2 Å². The van der Waals surface area contributed by atoms with Crippen LogP contribution in [0.3, 0.4) is 0 Å². The summed E-state index contributed by atoms with van der Waals surface area (Å²) in [7, 11) is -2.89. The van der Waals surface area contributed by atoms with Gasteiger partial charge in [-0.1, -0.05) is 36.4 Å². The van der Waals surface area contributed by atoms with Gasteiger partial charge in [-0.2, -0.15) is 10.4 Å². The second-order valence-electron chi connectivity index (χ2n) is 6.83. The van der Waals surface area contributed by atoms with Crippen LogP contribution in [0.1, 0.15) is 10.5 Å². The molecule has 1 atom stereocenters. The zero-order valence-corrected chi connectivity index (χ0v) is 16.9. The predicted octanol–water partition coefficient (Wildman–Crippen LogP) is 3.18. The van der Waals surface area contributed by atoms with Crippen molar-refractivity contribution < 1.29 is 18.1 Å². The molecule has 0 aliphatic carbocycles. The molecule has 0 bridgehead atoms. The summed E-state index contributed by atoms with van der Waals surface area (Å²) in [6, 6.07) is 16.7. The van der Waals surface area contributed by atoms with Crippen LogP contribution in [0.4, 0.5) is 5.69 Å². The minimum absolute atomic E-state index is 0.149. The maximum atomic E-state index is 13.2. The molecule has 4 rings (SSSR count). The second-order valence-corrected chi connectivity index (χ2v) is 8.86. The molecule has 154 valence electrons. The molecule has 0 saturated heterocycles. The number of benzene rings is 3. The van der Waals surface area contributed by atoms with Crippen LogP contribution >= 0.6 is 0 Å². The summed E-state index contributed by atoms with van der Waals surface area (Å²) in [5.41, 5.74) is 0.0228. The van der Waals surface area contributed by atoms with E-state index in [2.05, 4.69) is 5.10 Å². The van der Waals surface area contributed by atoms with E-state index in [0.717, 1.165) is 29.0 Å². The van der Waals surface area contributed by atoms with Gasteiger partial charge in [0.2, 0.25) is 20.9 Å². The Balaban J connectivity index is 1.86. The topological polar surface area (TPSA) is 136 Å². The Kier molecular flexibility index (Phi) is 4.75. The van der Waals surface area contributed by atoms with Crippen molar-refractivity contribution in [2.24, 2.45) is 7.05 Å². The number of nitrogens with zero attached hydrogens (tertiary/aromatic N) is 4. The molecule has 0 aliphatic rings. The number of Topliss-reactive ketones (excluding diaryl/α,β-unsaturated/α-hetero) is 1. The average molecular weight is 434 g/mol. The molecule has 1 aromatic heterocycles. The number of hydrogen-bond acceptors (Lipinski definition) is 7. The lowest BCUT2D eigenvalue weighted by atomic mass is 10.0. The lowest BCUT2D eigenvalue weighted by Gasteiger charge is -2.09. The van der Waals surface area contributed by atoms with Crippen LogP contribution in [0.5, 0.6) is 0 Å². The number of non-ortho nitro benzene ring substituents is 1. The Hall–Kier alpha value is -4.10. The maximum Gasteiger partial charge on any atom is 0.270 e. The summed E-state index contributed by atoms with van der Waals surface area (Å²) < 4.78 is 27.5. The molecule has 1 unspecified atom stereocenters. The number of fused-ring (bicyclic) bond motifs is 3. The van der Waals surface area contributed by atoms with Crippen LogP contribution < -0.4 is 0 Å². The highest BCUT2D eigenvalue weighted by molar-refractivity contribution is 7.93. The van der Waals surface area contributed by atoms with Crippen molar-refractivity contribution >= 4 is 43.0 Å². The lowest BCUT2D eigenvalue weighted by Crippen LogP contribution is -2.29. The SMILES string of the molecule is Cn1nc(C(=O)C(C#N)S(=O)(=O)c2cccc([N+](=O)[O-])c2)c2ccc3ccccc3c21. The molecule has 3 aromatic carbocycles. The Morgan fingerprint density at radius 1 is 1.13 bits per heavy atom. The van der Waals surface area contributed by atoms with Gasteiger partial charge in [0, 0.05) is 30.0 Å². The first kappa shape index (κ1) is 20.2. The quantitative estimate of drug-likeness (QED) is 0.267. The smallest absolute Gasteiger partial charge is 0.270 e. The van der Waals surface area contributed by atoms with Crippen molar-refractivity contribution in [2.75, 3.05) is 0 Å². The Labute approximate surface area is 176 Å². The molecule has 0 amide bonds. The zero-order chi connectivity index (χ0) is 22.3. The van der Waals surface area contributed by atoms with Gasteiger partial charge >= 0.3 is 0 Å². The summed E-state index contributed by atoms with van der Waals surface area (Å²) in [4.78, 5) is 22.9. The molecular formula is C21H14N4O5S. The first-order valence-corrected chi connectivity index (χ1v) is 10.6. The summed E-state index contributed by atoms with van der Waals surface area (Å²) in [5.74, 6) is -0.991. The van der Waals surface area contributed by atoms with Crippen LogP contribution in [0, 0.1) is 21.4 Å². The van der Waals surface area contributed by atoms with Crippen molar-refractivity contribution in [3.8, 4) is 6.07 Å². The number of nitro benzene ring substituents is 1. The third kappa shape index (κ3) is 3.21. The summed E-state index contributed by atoms with van der Waals surface area (Å²) in [6.07, 6.45) is 0.